The lowest BCUT2D eigenvalue weighted by molar-refractivity contribution is -0.127. The van der Waals surface area contributed by atoms with E-state index in [1.165, 1.54) is 4.90 Å². The number of rotatable bonds is 3. The van der Waals surface area contributed by atoms with Crippen LogP contribution in [-0.2, 0) is 9.59 Å². The molecule has 0 spiro atoms. The van der Waals surface area contributed by atoms with Gasteiger partial charge >= 0.3 is 0 Å². The van der Waals surface area contributed by atoms with Crippen molar-refractivity contribution in [1.82, 2.24) is 0 Å². The minimum absolute atomic E-state index is 0.0646. The number of halogens is 1. The highest BCUT2D eigenvalue weighted by Crippen LogP contribution is 2.33. The van der Waals surface area contributed by atoms with Crippen molar-refractivity contribution in [3.63, 3.8) is 0 Å². The molecule has 1 heterocycles. The summed E-state index contributed by atoms with van der Waals surface area (Å²) >= 11 is 3.38. The number of fused-ring (bicyclic) bond motifs is 1. The van der Waals surface area contributed by atoms with E-state index in [2.05, 4.69) is 21.2 Å². The lowest BCUT2D eigenvalue weighted by atomic mass is 10.2. The average Bonchev–Trinajstić information content (AvgIpc) is 2.54. The third kappa shape index (κ3) is 3.22. The first-order valence-corrected chi connectivity index (χ1v) is 7.97. The Kier molecular flexibility index (Phi) is 4.34. The van der Waals surface area contributed by atoms with E-state index in [-0.39, 0.29) is 18.4 Å². The standard InChI is InChI=1S/C17H15BrN2O3/c1-11-17(22)20(14-8-4-5-9-15(14)23-11)10-16(21)19-13-7-3-2-6-12(13)18/h2-9,11H,10H2,1H3,(H,19,21). The number of anilines is 2. The predicted octanol–water partition coefficient (Wildman–Crippen LogP) is 3.20. The molecular weight excluding hydrogens is 360 g/mol. The van der Waals surface area contributed by atoms with Crippen LogP contribution in [0.4, 0.5) is 11.4 Å². The van der Waals surface area contributed by atoms with Crippen LogP contribution in [0.15, 0.2) is 53.0 Å². The first kappa shape index (κ1) is 15.6. The molecule has 0 saturated heterocycles. The Balaban J connectivity index is 1.80. The van der Waals surface area contributed by atoms with Gasteiger partial charge in [-0.15, -0.1) is 0 Å². The highest BCUT2D eigenvalue weighted by atomic mass is 79.9. The second kappa shape index (κ2) is 6.42. The first-order chi connectivity index (χ1) is 11.1. The summed E-state index contributed by atoms with van der Waals surface area (Å²) in [5.41, 5.74) is 1.28. The summed E-state index contributed by atoms with van der Waals surface area (Å²) in [6.45, 7) is 1.61. The van der Waals surface area contributed by atoms with Gasteiger partial charge in [-0.1, -0.05) is 24.3 Å². The molecule has 0 aliphatic carbocycles. The molecule has 2 amide bonds. The van der Waals surface area contributed by atoms with Crippen molar-refractivity contribution in [2.24, 2.45) is 0 Å². The molecule has 0 aromatic heterocycles. The van der Waals surface area contributed by atoms with Gasteiger partial charge in [0, 0.05) is 4.47 Å². The van der Waals surface area contributed by atoms with E-state index < -0.39 is 6.10 Å². The lowest BCUT2D eigenvalue weighted by Gasteiger charge is -2.32. The average molecular weight is 375 g/mol. The Hall–Kier alpha value is -2.34. The fourth-order valence-corrected chi connectivity index (χ4v) is 2.80. The molecule has 1 aliphatic rings. The summed E-state index contributed by atoms with van der Waals surface area (Å²) in [4.78, 5) is 26.1. The van der Waals surface area contributed by atoms with Gasteiger partial charge in [-0.3, -0.25) is 14.5 Å². The maximum Gasteiger partial charge on any atom is 0.268 e. The molecule has 5 nitrogen and oxygen atoms in total. The van der Waals surface area contributed by atoms with Crippen LogP contribution in [0.3, 0.4) is 0 Å². The number of benzene rings is 2. The Bertz CT molecular complexity index is 763. The molecule has 0 saturated carbocycles. The smallest absolute Gasteiger partial charge is 0.268 e. The van der Waals surface area contributed by atoms with E-state index in [0.717, 1.165) is 4.47 Å². The number of nitrogens with one attached hydrogen (secondary N) is 1. The minimum atomic E-state index is -0.610. The summed E-state index contributed by atoms with van der Waals surface area (Å²) < 4.78 is 6.35. The van der Waals surface area contributed by atoms with Crippen LogP contribution in [0.25, 0.3) is 0 Å². The summed E-state index contributed by atoms with van der Waals surface area (Å²) in [6, 6.07) is 14.5. The van der Waals surface area contributed by atoms with Gasteiger partial charge in [0.2, 0.25) is 5.91 Å². The predicted molar refractivity (Wildman–Crippen MR) is 91.7 cm³/mol. The van der Waals surface area contributed by atoms with E-state index in [1.54, 1.807) is 25.1 Å². The number of hydrogen-bond donors (Lipinski definition) is 1. The molecule has 6 heteroatoms. The van der Waals surface area contributed by atoms with E-state index >= 15 is 0 Å². The van der Waals surface area contributed by atoms with Gasteiger partial charge in [0.15, 0.2) is 6.10 Å². The maximum atomic E-state index is 12.4. The van der Waals surface area contributed by atoms with Gasteiger partial charge in [-0.05, 0) is 47.1 Å². The van der Waals surface area contributed by atoms with E-state index in [0.29, 0.717) is 17.1 Å². The van der Waals surface area contributed by atoms with Gasteiger partial charge < -0.3 is 10.1 Å². The number of carbonyl (C=O) groups is 2. The number of carbonyl (C=O) groups excluding carboxylic acids is 2. The lowest BCUT2D eigenvalue weighted by Crippen LogP contribution is -2.47. The molecule has 1 aliphatic heterocycles. The largest absolute Gasteiger partial charge is 0.479 e. The molecule has 0 fully saturated rings. The van der Waals surface area contributed by atoms with Gasteiger partial charge in [-0.2, -0.15) is 0 Å². The van der Waals surface area contributed by atoms with Crippen molar-refractivity contribution in [3.05, 3.63) is 53.0 Å². The number of ether oxygens (including phenoxy) is 1. The zero-order valence-corrected chi connectivity index (χ0v) is 14.0. The highest BCUT2D eigenvalue weighted by Gasteiger charge is 2.32. The number of para-hydroxylation sites is 3. The SMILES string of the molecule is CC1Oc2ccccc2N(CC(=O)Nc2ccccc2Br)C1=O. The molecule has 0 bridgehead atoms. The van der Waals surface area contributed by atoms with Crippen molar-refractivity contribution < 1.29 is 14.3 Å². The van der Waals surface area contributed by atoms with Crippen LogP contribution >= 0.6 is 15.9 Å². The van der Waals surface area contributed by atoms with Crippen LogP contribution in [0.2, 0.25) is 0 Å². The number of hydrogen-bond acceptors (Lipinski definition) is 3. The molecule has 1 unspecified atom stereocenters. The van der Waals surface area contributed by atoms with Crippen LogP contribution in [0, 0.1) is 0 Å². The molecule has 1 atom stereocenters. The maximum absolute atomic E-state index is 12.4. The third-order valence-corrected chi connectivity index (χ3v) is 4.21. The molecule has 0 radical (unpaired) electrons. The monoisotopic (exact) mass is 374 g/mol. The van der Waals surface area contributed by atoms with Gasteiger partial charge in [-0.25, -0.2) is 0 Å². The Morgan fingerprint density at radius 2 is 1.91 bits per heavy atom. The zero-order valence-electron chi connectivity index (χ0n) is 12.5. The van der Waals surface area contributed by atoms with Gasteiger partial charge in [0.25, 0.3) is 5.91 Å². The normalized spacial score (nSPS) is 16.5. The van der Waals surface area contributed by atoms with E-state index in [1.807, 2.05) is 30.3 Å². The third-order valence-electron chi connectivity index (χ3n) is 3.52. The molecule has 2 aromatic carbocycles. The van der Waals surface area contributed by atoms with Crippen LogP contribution in [0.1, 0.15) is 6.92 Å². The summed E-state index contributed by atoms with van der Waals surface area (Å²) in [5, 5.41) is 2.80. The highest BCUT2D eigenvalue weighted by molar-refractivity contribution is 9.10. The fourth-order valence-electron chi connectivity index (χ4n) is 2.42. The molecule has 1 N–H and O–H groups in total. The van der Waals surface area contributed by atoms with E-state index in [4.69, 9.17) is 4.74 Å². The van der Waals surface area contributed by atoms with Crippen molar-refractivity contribution in [1.29, 1.82) is 0 Å². The zero-order chi connectivity index (χ0) is 16.4. The summed E-state index contributed by atoms with van der Waals surface area (Å²) in [5.74, 6) is 0.105. The second-order valence-electron chi connectivity index (χ2n) is 5.18. The molecular formula is C17H15BrN2O3. The van der Waals surface area contributed by atoms with Crippen molar-refractivity contribution in [3.8, 4) is 5.75 Å². The molecule has 118 valence electrons. The second-order valence-corrected chi connectivity index (χ2v) is 6.03. The number of nitrogens with zero attached hydrogens (tertiary/aromatic N) is 1. The first-order valence-electron chi connectivity index (χ1n) is 7.17. The summed E-state index contributed by atoms with van der Waals surface area (Å²) in [6.07, 6.45) is -0.610. The summed E-state index contributed by atoms with van der Waals surface area (Å²) in [7, 11) is 0. The molecule has 2 aromatic rings. The molecule has 3 rings (SSSR count). The topological polar surface area (TPSA) is 58.6 Å². The Labute approximate surface area is 142 Å². The van der Waals surface area contributed by atoms with Crippen LogP contribution < -0.4 is 15.0 Å². The quantitative estimate of drug-likeness (QED) is 0.897. The van der Waals surface area contributed by atoms with Gasteiger partial charge in [0.05, 0.1) is 11.4 Å². The molecule has 23 heavy (non-hydrogen) atoms. The van der Waals surface area contributed by atoms with Crippen molar-refractivity contribution in [2.75, 3.05) is 16.8 Å². The Morgan fingerprint density at radius 1 is 1.22 bits per heavy atom. The Morgan fingerprint density at radius 3 is 2.70 bits per heavy atom. The van der Waals surface area contributed by atoms with E-state index in [9.17, 15) is 9.59 Å². The minimum Gasteiger partial charge on any atom is -0.479 e. The van der Waals surface area contributed by atoms with Crippen LogP contribution in [0.5, 0.6) is 5.75 Å². The number of amides is 2. The van der Waals surface area contributed by atoms with Crippen molar-refractivity contribution >= 4 is 39.1 Å². The fraction of sp³-hybridized carbons (Fsp3) is 0.176. The van der Waals surface area contributed by atoms with Gasteiger partial charge in [0.1, 0.15) is 12.3 Å². The van der Waals surface area contributed by atoms with Crippen LogP contribution in [-0.4, -0.2) is 24.5 Å². The van der Waals surface area contributed by atoms with Crippen molar-refractivity contribution in [2.45, 2.75) is 13.0 Å².